The standard InChI is InChI=1S/C20H17NO3S.Li/c1-12-15(9-14-7-4-6-13-5-2-3-8-16(13)14)10-18(22)21-17(20(23)24)11-25-19(12)21;/h2-8,10,17H,9,11H2,1H3,(H,23,24);/q;+1/p-1/t17-;/m0./s1. The van der Waals surface area contributed by atoms with E-state index in [0.29, 0.717) is 12.2 Å². The van der Waals surface area contributed by atoms with Crippen LogP contribution in [0.4, 0.5) is 0 Å². The Morgan fingerprint density at radius 1 is 1.19 bits per heavy atom. The van der Waals surface area contributed by atoms with Crippen molar-refractivity contribution < 1.29 is 28.8 Å². The molecule has 0 aliphatic carbocycles. The number of benzene rings is 2. The van der Waals surface area contributed by atoms with Gasteiger partial charge >= 0.3 is 18.9 Å². The smallest absolute Gasteiger partial charge is 0.548 e. The predicted octanol–water partition coefficient (Wildman–Crippen LogP) is -0.699. The van der Waals surface area contributed by atoms with Gasteiger partial charge in [0.05, 0.1) is 17.0 Å². The predicted molar refractivity (Wildman–Crippen MR) is 97.0 cm³/mol. The maximum absolute atomic E-state index is 12.5. The fraction of sp³-hybridized carbons (Fsp3) is 0.200. The minimum absolute atomic E-state index is 0. The zero-order valence-corrected chi connectivity index (χ0v) is 15.5. The van der Waals surface area contributed by atoms with Crippen molar-refractivity contribution in [3.8, 4) is 0 Å². The minimum Gasteiger partial charge on any atom is -0.548 e. The van der Waals surface area contributed by atoms with Crippen LogP contribution in [0.2, 0.25) is 0 Å². The first-order valence-corrected chi connectivity index (χ1v) is 9.10. The SMILES string of the molecule is Cc1c(Cc2cccc3ccccc23)cc(=O)n2c1SC[C@H]2C(=O)[O-].[Li+]. The van der Waals surface area contributed by atoms with Crippen molar-refractivity contribution in [1.82, 2.24) is 4.57 Å². The van der Waals surface area contributed by atoms with Crippen molar-refractivity contribution in [2.24, 2.45) is 0 Å². The van der Waals surface area contributed by atoms with Gasteiger partial charge in [0, 0.05) is 11.8 Å². The second kappa shape index (κ2) is 7.36. The molecule has 6 heteroatoms. The van der Waals surface area contributed by atoms with Crippen LogP contribution >= 0.6 is 11.8 Å². The van der Waals surface area contributed by atoms with E-state index in [4.69, 9.17) is 0 Å². The number of hydrogen-bond donors (Lipinski definition) is 0. The van der Waals surface area contributed by atoms with Crippen LogP contribution in [0.5, 0.6) is 0 Å². The van der Waals surface area contributed by atoms with Crippen molar-refractivity contribution in [3.05, 3.63) is 75.6 Å². The molecule has 1 aliphatic heterocycles. The fourth-order valence-corrected chi connectivity index (χ4v) is 4.76. The van der Waals surface area contributed by atoms with E-state index in [-0.39, 0.29) is 24.4 Å². The van der Waals surface area contributed by atoms with Crippen LogP contribution in [-0.2, 0) is 11.2 Å². The molecule has 0 radical (unpaired) electrons. The molecule has 1 atom stereocenters. The van der Waals surface area contributed by atoms with Gasteiger partial charge in [-0.15, -0.1) is 11.8 Å². The van der Waals surface area contributed by atoms with Gasteiger partial charge in [0.2, 0.25) is 0 Å². The van der Waals surface area contributed by atoms with Crippen molar-refractivity contribution >= 4 is 28.5 Å². The van der Waals surface area contributed by atoms with Crippen LogP contribution < -0.4 is 29.5 Å². The maximum Gasteiger partial charge on any atom is 1.00 e. The Labute approximate surface area is 167 Å². The Balaban J connectivity index is 0.00000196. The third-order valence-electron chi connectivity index (χ3n) is 4.78. The van der Waals surface area contributed by atoms with Crippen LogP contribution in [0.3, 0.4) is 0 Å². The van der Waals surface area contributed by atoms with Crippen LogP contribution in [-0.4, -0.2) is 16.3 Å². The van der Waals surface area contributed by atoms with E-state index in [9.17, 15) is 14.7 Å². The summed E-state index contributed by atoms with van der Waals surface area (Å²) in [5.74, 6) is -0.856. The van der Waals surface area contributed by atoms with Gasteiger partial charge in [-0.2, -0.15) is 0 Å². The molecule has 0 saturated carbocycles. The van der Waals surface area contributed by atoms with Crippen LogP contribution in [0.15, 0.2) is 58.4 Å². The monoisotopic (exact) mass is 357 g/mol. The Hall–Kier alpha value is -1.93. The Bertz CT molecular complexity index is 1060. The number of aliphatic carboxylic acids is 1. The Kier molecular flexibility index (Phi) is 5.33. The molecule has 0 spiro atoms. The number of thioether (sulfide) groups is 1. The third kappa shape index (κ3) is 3.12. The van der Waals surface area contributed by atoms with Gasteiger partial charge in [0.1, 0.15) is 0 Å². The molecule has 4 rings (SSSR count). The fourth-order valence-electron chi connectivity index (χ4n) is 3.46. The van der Waals surface area contributed by atoms with Gasteiger partial charge in [-0.05, 0) is 40.8 Å². The zero-order chi connectivity index (χ0) is 17.6. The first-order chi connectivity index (χ1) is 12.1. The average molecular weight is 357 g/mol. The first-order valence-electron chi connectivity index (χ1n) is 8.11. The van der Waals surface area contributed by atoms with E-state index in [0.717, 1.165) is 21.7 Å². The molecule has 4 nitrogen and oxygen atoms in total. The summed E-state index contributed by atoms with van der Waals surface area (Å²) >= 11 is 1.42. The summed E-state index contributed by atoms with van der Waals surface area (Å²) in [5, 5.41) is 14.4. The van der Waals surface area contributed by atoms with Gasteiger partial charge in [0.15, 0.2) is 0 Å². The van der Waals surface area contributed by atoms with Crippen molar-refractivity contribution in [1.29, 1.82) is 0 Å². The second-order valence-electron chi connectivity index (χ2n) is 6.27. The summed E-state index contributed by atoms with van der Waals surface area (Å²) in [6, 6.07) is 15.0. The maximum atomic E-state index is 12.5. The molecule has 0 amide bonds. The van der Waals surface area contributed by atoms with Gasteiger partial charge < -0.3 is 9.90 Å². The molecule has 1 aromatic heterocycles. The van der Waals surface area contributed by atoms with Crippen molar-refractivity contribution in [2.45, 2.75) is 24.4 Å². The van der Waals surface area contributed by atoms with Crippen molar-refractivity contribution in [2.75, 3.05) is 5.75 Å². The molecule has 0 bridgehead atoms. The molecular formula is C20H16LiNO3S. The molecule has 0 fully saturated rings. The Morgan fingerprint density at radius 3 is 2.69 bits per heavy atom. The normalized spacial score (nSPS) is 15.5. The summed E-state index contributed by atoms with van der Waals surface area (Å²) in [5.41, 5.74) is 2.81. The first kappa shape index (κ1) is 18.8. The average Bonchev–Trinajstić information content (AvgIpc) is 3.06. The number of rotatable bonds is 3. The van der Waals surface area contributed by atoms with E-state index in [2.05, 4.69) is 24.3 Å². The van der Waals surface area contributed by atoms with Crippen LogP contribution in [0, 0.1) is 6.92 Å². The van der Waals surface area contributed by atoms with E-state index in [1.165, 1.54) is 27.1 Å². The zero-order valence-electron chi connectivity index (χ0n) is 14.7. The summed E-state index contributed by atoms with van der Waals surface area (Å²) in [7, 11) is 0. The second-order valence-corrected chi connectivity index (χ2v) is 7.28. The largest absolute Gasteiger partial charge is 1.00 e. The summed E-state index contributed by atoms with van der Waals surface area (Å²) in [6.45, 7) is 1.95. The van der Waals surface area contributed by atoms with E-state index < -0.39 is 12.0 Å². The van der Waals surface area contributed by atoms with Gasteiger partial charge in [0.25, 0.3) is 5.56 Å². The van der Waals surface area contributed by atoms with E-state index in [1.807, 2.05) is 25.1 Å². The number of carbonyl (C=O) groups is 1. The molecule has 2 heterocycles. The molecule has 0 unspecified atom stereocenters. The van der Waals surface area contributed by atoms with Crippen molar-refractivity contribution in [3.63, 3.8) is 0 Å². The number of carboxylic acid groups (broad SMARTS) is 1. The molecule has 2 aromatic carbocycles. The van der Waals surface area contributed by atoms with E-state index in [1.54, 1.807) is 6.07 Å². The molecule has 3 aromatic rings. The molecular weight excluding hydrogens is 341 g/mol. The number of pyridine rings is 1. The Morgan fingerprint density at radius 2 is 1.92 bits per heavy atom. The molecule has 1 aliphatic rings. The number of carbonyl (C=O) groups excluding carboxylic acids is 1. The molecule has 0 saturated heterocycles. The molecule has 26 heavy (non-hydrogen) atoms. The molecule has 0 N–H and O–H groups in total. The van der Waals surface area contributed by atoms with Crippen LogP contribution in [0.25, 0.3) is 10.8 Å². The number of hydrogen-bond acceptors (Lipinski definition) is 4. The number of fused-ring (bicyclic) bond motifs is 2. The summed E-state index contributed by atoms with van der Waals surface area (Å²) in [6.07, 6.45) is 0.646. The van der Waals surface area contributed by atoms with Crippen LogP contribution in [0.1, 0.15) is 22.7 Å². The minimum atomic E-state index is -1.20. The topological polar surface area (TPSA) is 62.1 Å². The summed E-state index contributed by atoms with van der Waals surface area (Å²) in [4.78, 5) is 23.8. The third-order valence-corrected chi connectivity index (χ3v) is 6.04. The van der Waals surface area contributed by atoms with E-state index >= 15 is 0 Å². The number of nitrogens with zero attached hydrogens (tertiary/aromatic N) is 1. The van der Waals surface area contributed by atoms with Gasteiger partial charge in [-0.1, -0.05) is 42.5 Å². The molecule has 126 valence electrons. The van der Waals surface area contributed by atoms with Gasteiger partial charge in [-0.25, -0.2) is 0 Å². The summed E-state index contributed by atoms with van der Waals surface area (Å²) < 4.78 is 1.36. The number of aromatic nitrogens is 1. The quantitative estimate of drug-likeness (QED) is 0.582. The van der Waals surface area contributed by atoms with Gasteiger partial charge in [-0.3, -0.25) is 9.36 Å². The number of carboxylic acids is 1.